The molecule has 3 aliphatic heterocycles. The number of ether oxygens (including phenoxy) is 6. The fourth-order valence-electron chi connectivity index (χ4n) is 12.0. The third kappa shape index (κ3) is 6.69. The number of esters is 1. The second kappa shape index (κ2) is 15.6. The largest absolute Gasteiger partial charge is 0.432 e. The average Bonchev–Trinajstić information content (AvgIpc) is 3.37. The molecule has 3 saturated heterocycles. The summed E-state index contributed by atoms with van der Waals surface area (Å²) in [7, 11) is 0. The molecule has 0 amide bonds. The van der Waals surface area contributed by atoms with E-state index < -0.39 is 129 Å². The van der Waals surface area contributed by atoms with Crippen molar-refractivity contribution < 1.29 is 89.4 Å². The molecule has 4 aliphatic carbocycles. The minimum absolute atomic E-state index is 0.135. The molecular weight excluding hydrogens is 744 g/mol. The third-order valence-corrected chi connectivity index (χ3v) is 15.0. The molecule has 4 saturated carbocycles. The molecule has 18 heteroatoms. The fourth-order valence-corrected chi connectivity index (χ4v) is 12.0. The molecule has 18 nitrogen and oxygen atoms in total. The molecule has 2 bridgehead atoms. The number of hydrogen-bond acceptors (Lipinski definition) is 18. The van der Waals surface area contributed by atoms with Crippen molar-refractivity contribution in [3.05, 3.63) is 12.2 Å². The first-order valence-electron chi connectivity index (χ1n) is 19.9. The minimum Gasteiger partial charge on any atom is -0.432 e. The number of carbonyl (C=O) groups is 1. The van der Waals surface area contributed by atoms with E-state index in [1.807, 2.05) is 6.92 Å². The number of hydrogen-bond donors (Lipinski definition) is 11. The molecule has 320 valence electrons. The summed E-state index contributed by atoms with van der Waals surface area (Å²) in [5.41, 5.74) is -1.68. The summed E-state index contributed by atoms with van der Waals surface area (Å²) >= 11 is 0. The highest BCUT2D eigenvalue weighted by atomic mass is 16.8. The van der Waals surface area contributed by atoms with E-state index >= 15 is 0 Å². The third-order valence-electron chi connectivity index (χ3n) is 15.0. The van der Waals surface area contributed by atoms with Gasteiger partial charge in [-0.05, 0) is 86.5 Å². The number of fused-ring (bicyclic) bond motifs is 3. The second-order valence-corrected chi connectivity index (χ2v) is 18.0. The van der Waals surface area contributed by atoms with Crippen LogP contribution < -0.4 is 0 Å². The zero-order valence-corrected chi connectivity index (χ0v) is 31.8. The van der Waals surface area contributed by atoms with E-state index in [0.29, 0.717) is 44.9 Å². The van der Waals surface area contributed by atoms with Crippen molar-refractivity contribution in [2.24, 2.45) is 28.1 Å². The van der Waals surface area contributed by atoms with Crippen LogP contribution in [0.3, 0.4) is 0 Å². The Morgan fingerprint density at radius 3 is 1.82 bits per heavy atom. The van der Waals surface area contributed by atoms with Gasteiger partial charge in [0, 0.05) is 0 Å². The summed E-state index contributed by atoms with van der Waals surface area (Å²) in [6.07, 6.45) is -18.0. The molecule has 21 atom stereocenters. The summed E-state index contributed by atoms with van der Waals surface area (Å²) in [6, 6.07) is 0. The van der Waals surface area contributed by atoms with Gasteiger partial charge in [0.05, 0.1) is 30.8 Å². The van der Waals surface area contributed by atoms with Crippen molar-refractivity contribution in [2.75, 3.05) is 19.8 Å². The van der Waals surface area contributed by atoms with Crippen LogP contribution in [0.1, 0.15) is 71.6 Å². The minimum atomic E-state index is -1.86. The Morgan fingerprint density at radius 1 is 0.679 bits per heavy atom. The van der Waals surface area contributed by atoms with Crippen molar-refractivity contribution in [3.63, 3.8) is 0 Å². The zero-order valence-electron chi connectivity index (χ0n) is 31.8. The summed E-state index contributed by atoms with van der Waals surface area (Å²) in [5.74, 6) is -0.683. The van der Waals surface area contributed by atoms with Gasteiger partial charge in [-0.25, -0.2) is 0 Å². The zero-order chi connectivity index (χ0) is 40.7. The summed E-state index contributed by atoms with van der Waals surface area (Å²) in [4.78, 5) is 14.6. The van der Waals surface area contributed by atoms with Crippen LogP contribution in [-0.4, -0.2) is 180 Å². The SMILES string of the molecule is C=C1C[C@@]23CC[C@H]4[C@@](C)(CCC[C@@]4(C)C(=O)O[C@@H]4O[C@H](CO)[C@@H](O)[C@H](O)[C@H]4O[C@@H]4O[C@H](CO)[C@@H](O)[C@H](O)[C@H]4O)[C@@H]2CC[C@]1(O[C@@H]1O[C@H](CO)[C@@H](O)[C@H](O)[C@H]1O)C3. The topological polar surface area (TPSA) is 295 Å². The Bertz CT molecular complexity index is 1450. The quantitative estimate of drug-likeness (QED) is 0.0631. The van der Waals surface area contributed by atoms with Crippen LogP contribution in [0, 0.1) is 28.1 Å². The van der Waals surface area contributed by atoms with Gasteiger partial charge in [0.15, 0.2) is 18.7 Å². The van der Waals surface area contributed by atoms with Crippen molar-refractivity contribution in [2.45, 2.75) is 169 Å². The molecule has 3 heterocycles. The lowest BCUT2D eigenvalue weighted by atomic mass is 9.41. The van der Waals surface area contributed by atoms with Crippen molar-refractivity contribution in [1.29, 1.82) is 0 Å². The standard InChI is InChI=1S/C38H60O18/c1-16-11-37-9-5-20-35(2,21(37)6-10-38(16,15-37)56-32-29(49)26(46)23(43)18(13-40)52-32)7-4-8-36(20,3)34(50)55-33-30(27(47)24(44)19(14-41)53-33)54-31-28(48)25(45)22(42)17(12-39)51-31/h17-33,39-49H,1,4-15H2,2-3H3/t17-,18-,19-,20+,21+,22-,23-,24-,25+,26+,27+,28-,29-,30-,31+,32+,33+,35-,36-,37-,38+/m1/s1. The Hall–Kier alpha value is -1.43. The van der Waals surface area contributed by atoms with Gasteiger partial charge >= 0.3 is 5.97 Å². The summed E-state index contributed by atoms with van der Waals surface area (Å²) in [5, 5.41) is 114. The van der Waals surface area contributed by atoms with Crippen molar-refractivity contribution >= 4 is 5.97 Å². The number of aliphatic hydroxyl groups is 11. The number of rotatable bonds is 9. The monoisotopic (exact) mass is 804 g/mol. The lowest BCUT2D eigenvalue weighted by Crippen LogP contribution is -2.65. The van der Waals surface area contributed by atoms with Gasteiger partial charge in [-0.15, -0.1) is 0 Å². The van der Waals surface area contributed by atoms with E-state index in [1.54, 1.807) is 0 Å². The fraction of sp³-hybridized carbons (Fsp3) is 0.921. The first-order chi connectivity index (χ1) is 26.4. The van der Waals surface area contributed by atoms with Crippen LogP contribution in [0.5, 0.6) is 0 Å². The van der Waals surface area contributed by atoms with Gasteiger partial charge in [-0.1, -0.05) is 19.9 Å². The van der Waals surface area contributed by atoms with Crippen molar-refractivity contribution in [3.8, 4) is 0 Å². The highest BCUT2D eigenvalue weighted by Crippen LogP contribution is 2.73. The maximum atomic E-state index is 14.6. The molecule has 7 fully saturated rings. The highest BCUT2D eigenvalue weighted by molar-refractivity contribution is 5.77. The molecule has 1 spiro atoms. The van der Waals surface area contributed by atoms with Crippen LogP contribution in [0.2, 0.25) is 0 Å². The number of carbonyl (C=O) groups excluding carboxylic acids is 1. The first-order valence-corrected chi connectivity index (χ1v) is 19.9. The van der Waals surface area contributed by atoms with Crippen LogP contribution in [0.15, 0.2) is 12.2 Å². The van der Waals surface area contributed by atoms with Gasteiger partial charge in [-0.3, -0.25) is 4.79 Å². The Balaban J connectivity index is 1.10. The van der Waals surface area contributed by atoms with E-state index in [1.165, 1.54) is 0 Å². The molecule has 7 aliphatic rings. The second-order valence-electron chi connectivity index (χ2n) is 18.0. The predicted molar refractivity (Wildman–Crippen MR) is 186 cm³/mol. The molecule has 0 aromatic rings. The maximum absolute atomic E-state index is 14.6. The van der Waals surface area contributed by atoms with E-state index in [4.69, 9.17) is 28.4 Å². The van der Waals surface area contributed by atoms with Crippen LogP contribution >= 0.6 is 0 Å². The molecule has 0 aromatic carbocycles. The van der Waals surface area contributed by atoms with E-state index in [-0.39, 0.29) is 22.7 Å². The van der Waals surface area contributed by atoms with Crippen molar-refractivity contribution in [1.82, 2.24) is 0 Å². The summed E-state index contributed by atoms with van der Waals surface area (Å²) in [6.45, 7) is 6.42. The van der Waals surface area contributed by atoms with Gasteiger partial charge in [-0.2, -0.15) is 0 Å². The molecule has 0 aromatic heterocycles. The number of aliphatic hydroxyl groups excluding tert-OH is 11. The van der Waals surface area contributed by atoms with Crippen LogP contribution in [0.25, 0.3) is 0 Å². The Morgan fingerprint density at radius 2 is 1.21 bits per heavy atom. The van der Waals surface area contributed by atoms with Crippen LogP contribution in [0.4, 0.5) is 0 Å². The summed E-state index contributed by atoms with van der Waals surface area (Å²) < 4.78 is 35.4. The molecule has 11 N–H and O–H groups in total. The lowest BCUT2D eigenvalue weighted by Gasteiger charge is -2.64. The van der Waals surface area contributed by atoms with E-state index in [0.717, 1.165) is 18.4 Å². The molecule has 7 rings (SSSR count). The molecule has 0 unspecified atom stereocenters. The van der Waals surface area contributed by atoms with Gasteiger partial charge in [0.25, 0.3) is 0 Å². The lowest BCUT2D eigenvalue weighted by molar-refractivity contribution is -0.363. The average molecular weight is 805 g/mol. The van der Waals surface area contributed by atoms with Gasteiger partial charge in [0.1, 0.15) is 67.1 Å². The molecule has 56 heavy (non-hydrogen) atoms. The van der Waals surface area contributed by atoms with E-state index in [9.17, 15) is 61.0 Å². The Kier molecular flexibility index (Phi) is 11.9. The smallest absolute Gasteiger partial charge is 0.314 e. The van der Waals surface area contributed by atoms with Gasteiger partial charge in [0.2, 0.25) is 6.29 Å². The highest BCUT2D eigenvalue weighted by Gasteiger charge is 2.69. The molecular formula is C38H60O18. The van der Waals surface area contributed by atoms with E-state index in [2.05, 4.69) is 13.5 Å². The first kappa shape index (κ1) is 42.7. The maximum Gasteiger partial charge on any atom is 0.314 e. The molecule has 0 radical (unpaired) electrons. The normalized spacial score (nSPS) is 54.6. The predicted octanol–water partition coefficient (Wildman–Crippen LogP) is -2.94. The van der Waals surface area contributed by atoms with Gasteiger partial charge < -0.3 is 84.6 Å². The van der Waals surface area contributed by atoms with Crippen LogP contribution in [-0.2, 0) is 33.2 Å². The Labute approximate surface area is 324 Å².